The number of hydrogen-bond acceptors (Lipinski definition) is 4. The molecule has 1 aromatic rings. The summed E-state index contributed by atoms with van der Waals surface area (Å²) in [6.07, 6.45) is 0.684. The number of halogens is 1. The lowest BCUT2D eigenvalue weighted by atomic mass is 10.3. The normalized spacial score (nSPS) is 14.6. The number of benzene rings is 1. The van der Waals surface area contributed by atoms with Gasteiger partial charge in [-0.2, -0.15) is 0 Å². The summed E-state index contributed by atoms with van der Waals surface area (Å²) < 4.78 is 15.5. The van der Waals surface area contributed by atoms with Crippen LogP contribution in [0.3, 0.4) is 0 Å². The highest BCUT2D eigenvalue weighted by atomic mass is 79.9. The fourth-order valence-electron chi connectivity index (χ4n) is 1.29. The second-order valence-electron chi connectivity index (χ2n) is 3.31. The van der Waals surface area contributed by atoms with Crippen molar-refractivity contribution in [1.82, 2.24) is 0 Å². The molecule has 0 saturated heterocycles. The Hall–Kier alpha value is -1.23. The highest BCUT2D eigenvalue weighted by Gasteiger charge is 2.18. The molecule has 1 unspecified atom stereocenters. The summed E-state index contributed by atoms with van der Waals surface area (Å²) in [6, 6.07) is 5.05. The van der Waals surface area contributed by atoms with Gasteiger partial charge in [0.05, 0.1) is 0 Å². The summed E-state index contributed by atoms with van der Waals surface area (Å²) in [6.45, 7) is 2.11. The highest BCUT2D eigenvalue weighted by molar-refractivity contribution is 9.10. The third-order valence-electron chi connectivity index (χ3n) is 2.18. The smallest absolute Gasteiger partial charge is 0.325 e. The summed E-state index contributed by atoms with van der Waals surface area (Å²) in [4.78, 5) is 11.2. The Labute approximate surface area is 102 Å². The van der Waals surface area contributed by atoms with E-state index in [4.69, 9.17) is 14.2 Å². The zero-order valence-corrected chi connectivity index (χ0v) is 10.3. The first-order valence-electron chi connectivity index (χ1n) is 4.96. The molecule has 0 spiro atoms. The monoisotopic (exact) mass is 286 g/mol. The van der Waals surface area contributed by atoms with Crippen molar-refractivity contribution in [3.63, 3.8) is 0 Å². The van der Waals surface area contributed by atoms with Crippen LogP contribution in [0.15, 0.2) is 18.2 Å². The number of hydrogen-bond donors (Lipinski definition) is 0. The van der Waals surface area contributed by atoms with Crippen molar-refractivity contribution < 1.29 is 19.0 Å². The van der Waals surface area contributed by atoms with Crippen LogP contribution in [0, 0.1) is 0 Å². The highest BCUT2D eigenvalue weighted by Crippen LogP contribution is 2.35. The standard InChI is InChI=1S/C11H11BrO4/c1-2-8(12)11(13)16-7-3-4-9-10(5-7)15-6-14-9/h3-5,8H,2,6H2,1H3. The first kappa shape index (κ1) is 11.3. The fraction of sp³-hybridized carbons (Fsp3) is 0.364. The Morgan fingerprint density at radius 3 is 3.00 bits per heavy atom. The van der Waals surface area contributed by atoms with Crippen molar-refractivity contribution in [1.29, 1.82) is 0 Å². The number of rotatable bonds is 3. The van der Waals surface area contributed by atoms with E-state index in [1.807, 2.05) is 6.92 Å². The molecule has 0 fully saturated rings. The molecule has 0 amide bonds. The van der Waals surface area contributed by atoms with Gasteiger partial charge < -0.3 is 14.2 Å². The molecule has 86 valence electrons. The largest absolute Gasteiger partial charge is 0.454 e. The maximum atomic E-state index is 11.5. The Morgan fingerprint density at radius 2 is 2.25 bits per heavy atom. The van der Waals surface area contributed by atoms with Gasteiger partial charge in [0.2, 0.25) is 6.79 Å². The van der Waals surface area contributed by atoms with Gasteiger partial charge in [-0.1, -0.05) is 22.9 Å². The summed E-state index contributed by atoms with van der Waals surface area (Å²) in [5, 5.41) is 0. The van der Waals surface area contributed by atoms with E-state index < -0.39 is 0 Å². The lowest BCUT2D eigenvalue weighted by molar-refractivity contribution is -0.133. The molecule has 0 aliphatic carbocycles. The Morgan fingerprint density at radius 1 is 1.50 bits per heavy atom. The zero-order valence-electron chi connectivity index (χ0n) is 8.73. The minimum Gasteiger partial charge on any atom is -0.454 e. The van der Waals surface area contributed by atoms with Crippen LogP contribution in [-0.2, 0) is 4.79 Å². The Bertz CT molecular complexity index is 405. The first-order chi connectivity index (χ1) is 7.70. The van der Waals surface area contributed by atoms with Gasteiger partial charge in [0, 0.05) is 6.07 Å². The average Bonchev–Trinajstić information content (AvgIpc) is 2.75. The molecule has 0 aromatic heterocycles. The average molecular weight is 287 g/mol. The van der Waals surface area contributed by atoms with E-state index in [-0.39, 0.29) is 17.6 Å². The van der Waals surface area contributed by atoms with Crippen LogP contribution in [0.25, 0.3) is 0 Å². The van der Waals surface area contributed by atoms with Crippen molar-refractivity contribution in [2.24, 2.45) is 0 Å². The maximum Gasteiger partial charge on any atom is 0.325 e. The fourth-order valence-corrected chi connectivity index (χ4v) is 1.38. The van der Waals surface area contributed by atoms with Gasteiger partial charge in [0.25, 0.3) is 0 Å². The van der Waals surface area contributed by atoms with E-state index in [0.717, 1.165) is 0 Å². The van der Waals surface area contributed by atoms with E-state index in [2.05, 4.69) is 15.9 Å². The summed E-state index contributed by atoms with van der Waals surface area (Å²) >= 11 is 3.23. The summed E-state index contributed by atoms with van der Waals surface area (Å²) in [7, 11) is 0. The van der Waals surface area contributed by atoms with Crippen LogP contribution >= 0.6 is 15.9 Å². The molecule has 1 aliphatic rings. The van der Waals surface area contributed by atoms with Gasteiger partial charge in [-0.25, -0.2) is 0 Å². The Balaban J connectivity index is 2.08. The van der Waals surface area contributed by atoms with E-state index in [0.29, 0.717) is 23.7 Å². The number of carbonyl (C=O) groups excluding carboxylic acids is 1. The Kier molecular flexibility index (Phi) is 3.33. The molecule has 16 heavy (non-hydrogen) atoms. The predicted octanol–water partition coefficient (Wildman–Crippen LogP) is 2.49. The van der Waals surface area contributed by atoms with Gasteiger partial charge >= 0.3 is 5.97 Å². The minimum absolute atomic E-state index is 0.211. The molecule has 4 nitrogen and oxygen atoms in total. The topological polar surface area (TPSA) is 44.8 Å². The summed E-state index contributed by atoms with van der Waals surface area (Å²) in [5.74, 6) is 1.44. The number of fused-ring (bicyclic) bond motifs is 1. The van der Waals surface area contributed by atoms with E-state index in [1.54, 1.807) is 18.2 Å². The van der Waals surface area contributed by atoms with Crippen molar-refractivity contribution in [3.05, 3.63) is 18.2 Å². The van der Waals surface area contributed by atoms with Gasteiger partial charge in [0.15, 0.2) is 11.5 Å². The van der Waals surface area contributed by atoms with Crippen LogP contribution in [0.1, 0.15) is 13.3 Å². The molecule has 1 aromatic carbocycles. The third-order valence-corrected chi connectivity index (χ3v) is 3.20. The molecular formula is C11H11BrO4. The van der Waals surface area contributed by atoms with Gasteiger partial charge in [-0.15, -0.1) is 0 Å². The van der Waals surface area contributed by atoms with Crippen LogP contribution in [0.2, 0.25) is 0 Å². The molecule has 5 heteroatoms. The quantitative estimate of drug-likeness (QED) is 0.487. The third kappa shape index (κ3) is 2.29. The van der Waals surface area contributed by atoms with Crippen molar-refractivity contribution in [2.75, 3.05) is 6.79 Å². The molecule has 1 aliphatic heterocycles. The lowest BCUT2D eigenvalue weighted by Gasteiger charge is -2.07. The number of esters is 1. The van der Waals surface area contributed by atoms with E-state index in [9.17, 15) is 4.79 Å². The summed E-state index contributed by atoms with van der Waals surface area (Å²) in [5.41, 5.74) is 0. The molecule has 0 saturated carbocycles. The maximum absolute atomic E-state index is 11.5. The SMILES string of the molecule is CCC(Br)C(=O)Oc1ccc2c(c1)OCO2. The molecule has 0 radical (unpaired) electrons. The van der Waals surface area contributed by atoms with Crippen LogP contribution in [0.5, 0.6) is 17.2 Å². The zero-order chi connectivity index (χ0) is 11.5. The second-order valence-corrected chi connectivity index (χ2v) is 4.42. The number of carbonyl (C=O) groups is 1. The van der Waals surface area contributed by atoms with Gasteiger partial charge in [0.1, 0.15) is 10.6 Å². The number of ether oxygens (including phenoxy) is 3. The predicted molar refractivity (Wildman–Crippen MR) is 61.2 cm³/mol. The second kappa shape index (κ2) is 4.74. The molecule has 0 bridgehead atoms. The molecule has 2 rings (SSSR count). The van der Waals surface area contributed by atoms with Gasteiger partial charge in [-0.3, -0.25) is 4.79 Å². The van der Waals surface area contributed by atoms with Crippen LogP contribution in [0.4, 0.5) is 0 Å². The molecule has 1 heterocycles. The van der Waals surface area contributed by atoms with Crippen LogP contribution < -0.4 is 14.2 Å². The van der Waals surface area contributed by atoms with Crippen molar-refractivity contribution >= 4 is 21.9 Å². The van der Waals surface area contributed by atoms with Crippen LogP contribution in [-0.4, -0.2) is 17.6 Å². The first-order valence-corrected chi connectivity index (χ1v) is 5.87. The van der Waals surface area contributed by atoms with E-state index >= 15 is 0 Å². The minimum atomic E-state index is -0.304. The number of alkyl halides is 1. The molecule has 1 atom stereocenters. The van der Waals surface area contributed by atoms with E-state index in [1.165, 1.54) is 0 Å². The molecular weight excluding hydrogens is 276 g/mol. The van der Waals surface area contributed by atoms with Crippen molar-refractivity contribution in [3.8, 4) is 17.2 Å². The lowest BCUT2D eigenvalue weighted by Crippen LogP contribution is -2.19. The molecule has 0 N–H and O–H groups in total. The van der Waals surface area contributed by atoms with Gasteiger partial charge in [-0.05, 0) is 18.6 Å². The van der Waals surface area contributed by atoms with Crippen molar-refractivity contribution in [2.45, 2.75) is 18.2 Å².